The van der Waals surface area contributed by atoms with E-state index in [4.69, 9.17) is 25.8 Å². The Hall–Kier alpha value is -0.320. The van der Waals surface area contributed by atoms with Crippen molar-refractivity contribution in [3.8, 4) is 0 Å². The molecule has 1 unspecified atom stereocenters. The van der Waals surface area contributed by atoms with Gasteiger partial charge in [-0.05, 0) is 13.8 Å². The van der Waals surface area contributed by atoms with Gasteiger partial charge in [-0.25, -0.2) is 0 Å². The maximum absolute atomic E-state index is 11.6. The van der Waals surface area contributed by atoms with Crippen molar-refractivity contribution in [2.45, 2.75) is 19.4 Å². The van der Waals surface area contributed by atoms with Gasteiger partial charge in [0.05, 0.1) is 13.2 Å². The van der Waals surface area contributed by atoms with Crippen molar-refractivity contribution in [3.63, 3.8) is 0 Å². The highest BCUT2D eigenvalue weighted by molar-refractivity contribution is 6.20. The molecule has 1 atom stereocenters. The minimum absolute atomic E-state index is 0.239. The molecule has 0 amide bonds. The number of carbonyl (C=O) groups is 1. The van der Waals surface area contributed by atoms with Gasteiger partial charge in [0, 0.05) is 14.2 Å². The van der Waals surface area contributed by atoms with E-state index in [0.29, 0.717) is 0 Å². The van der Waals surface area contributed by atoms with E-state index in [-0.39, 0.29) is 13.2 Å². The molecule has 0 N–H and O–H groups in total. The number of rotatable bonds is 6. The number of hydrogen-bond acceptors (Lipinski definition) is 4. The van der Waals surface area contributed by atoms with Crippen molar-refractivity contribution < 1.29 is 19.0 Å². The molecule has 0 aromatic heterocycles. The van der Waals surface area contributed by atoms with Crippen LogP contribution >= 0.6 is 11.6 Å². The first kappa shape index (κ1) is 13.7. The molecule has 0 bridgehead atoms. The third-order valence-electron chi connectivity index (χ3n) is 1.69. The maximum atomic E-state index is 11.6. The van der Waals surface area contributed by atoms with E-state index in [0.717, 1.165) is 0 Å². The highest BCUT2D eigenvalue weighted by Crippen LogP contribution is 2.20. The van der Waals surface area contributed by atoms with Crippen LogP contribution in [-0.4, -0.2) is 39.0 Å². The topological polar surface area (TPSA) is 44.8 Å². The third-order valence-corrected chi connectivity index (χ3v) is 1.78. The summed E-state index contributed by atoms with van der Waals surface area (Å²) in [5, 5.41) is 0. The van der Waals surface area contributed by atoms with Gasteiger partial charge >= 0.3 is 5.97 Å². The molecule has 0 aliphatic carbocycles. The molecule has 0 saturated heterocycles. The molecule has 0 radical (unpaired) electrons. The molecule has 0 rings (SSSR count). The van der Waals surface area contributed by atoms with Crippen LogP contribution in [0.4, 0.5) is 0 Å². The van der Waals surface area contributed by atoms with Gasteiger partial charge in [-0.15, -0.1) is 0 Å². The van der Waals surface area contributed by atoms with Gasteiger partial charge in [-0.3, -0.25) is 4.79 Å². The van der Waals surface area contributed by atoms with E-state index in [1.54, 1.807) is 13.8 Å². The van der Waals surface area contributed by atoms with Crippen LogP contribution in [0.5, 0.6) is 0 Å². The van der Waals surface area contributed by atoms with Gasteiger partial charge in [-0.2, -0.15) is 0 Å². The largest absolute Gasteiger partial charge is 0.446 e. The third kappa shape index (κ3) is 4.26. The Balaban J connectivity index is 4.38. The Bertz CT molecular complexity index is 176. The number of alkyl halides is 1. The molecule has 0 aromatic carbocycles. The second-order valence-corrected chi connectivity index (χ2v) is 3.99. The van der Waals surface area contributed by atoms with Crippen molar-refractivity contribution in [1.82, 2.24) is 0 Å². The van der Waals surface area contributed by atoms with E-state index in [1.165, 1.54) is 14.2 Å². The Kier molecular flexibility index (Phi) is 6.08. The van der Waals surface area contributed by atoms with Gasteiger partial charge in [0.25, 0.3) is 0 Å². The molecule has 4 nitrogen and oxygen atoms in total. The summed E-state index contributed by atoms with van der Waals surface area (Å²) in [4.78, 5) is 11.6. The fraction of sp³-hybridized carbons (Fsp3) is 0.889. The quantitative estimate of drug-likeness (QED) is 0.506. The molecule has 0 heterocycles. The fourth-order valence-corrected chi connectivity index (χ4v) is 1.17. The van der Waals surface area contributed by atoms with Gasteiger partial charge < -0.3 is 14.2 Å². The summed E-state index contributed by atoms with van der Waals surface area (Å²) in [6.07, 6.45) is 0. The smallest absolute Gasteiger partial charge is 0.317 e. The molecule has 0 aromatic rings. The lowest BCUT2D eigenvalue weighted by molar-refractivity contribution is -0.163. The summed E-state index contributed by atoms with van der Waals surface area (Å²) < 4.78 is 14.8. The van der Waals surface area contributed by atoms with E-state index in [2.05, 4.69) is 0 Å². The average Bonchev–Trinajstić information content (AvgIpc) is 2.03. The zero-order chi connectivity index (χ0) is 11.2. The lowest BCUT2D eigenvalue weighted by Crippen LogP contribution is -2.39. The number of esters is 1. The Labute approximate surface area is 89.5 Å². The molecule has 0 aliphatic heterocycles. The fourth-order valence-electron chi connectivity index (χ4n) is 1.09. The van der Waals surface area contributed by atoms with Crippen LogP contribution in [0.2, 0.25) is 0 Å². The van der Waals surface area contributed by atoms with Crippen molar-refractivity contribution in [3.05, 3.63) is 0 Å². The molecule has 0 aliphatic rings. The first-order valence-electron chi connectivity index (χ1n) is 4.29. The lowest BCUT2D eigenvalue weighted by atomic mass is 9.93. The molecular formula is C9H17ClO4. The SMILES string of the molecule is COCC(C)(COC)C(=O)OC(C)Cl. The Morgan fingerprint density at radius 3 is 2.07 bits per heavy atom. The summed E-state index contributed by atoms with van der Waals surface area (Å²) >= 11 is 5.55. The summed E-state index contributed by atoms with van der Waals surface area (Å²) in [7, 11) is 3.04. The zero-order valence-corrected chi connectivity index (χ0v) is 9.76. The zero-order valence-electron chi connectivity index (χ0n) is 9.00. The predicted molar refractivity (Wildman–Crippen MR) is 53.3 cm³/mol. The van der Waals surface area contributed by atoms with Gasteiger partial charge in [0.2, 0.25) is 0 Å². The number of methoxy groups -OCH3 is 2. The second-order valence-electron chi connectivity index (χ2n) is 3.38. The van der Waals surface area contributed by atoms with Crippen LogP contribution < -0.4 is 0 Å². The number of ether oxygens (including phenoxy) is 3. The van der Waals surface area contributed by atoms with E-state index in [1.807, 2.05) is 0 Å². The minimum atomic E-state index is -0.799. The average molecular weight is 225 g/mol. The number of hydrogen-bond donors (Lipinski definition) is 0. The summed E-state index contributed by atoms with van der Waals surface area (Å²) in [6, 6.07) is 0. The first-order valence-corrected chi connectivity index (χ1v) is 4.73. The van der Waals surface area contributed by atoms with Crippen LogP contribution in [0.15, 0.2) is 0 Å². The Morgan fingerprint density at radius 1 is 1.36 bits per heavy atom. The van der Waals surface area contributed by atoms with Gasteiger partial charge in [0.1, 0.15) is 5.41 Å². The van der Waals surface area contributed by atoms with Crippen LogP contribution in [0.1, 0.15) is 13.8 Å². The molecule has 5 heteroatoms. The van der Waals surface area contributed by atoms with E-state index >= 15 is 0 Å². The van der Waals surface area contributed by atoms with E-state index in [9.17, 15) is 4.79 Å². The van der Waals surface area contributed by atoms with Crippen molar-refractivity contribution in [1.29, 1.82) is 0 Å². The lowest BCUT2D eigenvalue weighted by Gasteiger charge is -2.26. The molecule has 0 spiro atoms. The molecular weight excluding hydrogens is 208 g/mol. The van der Waals surface area contributed by atoms with Crippen molar-refractivity contribution >= 4 is 17.6 Å². The van der Waals surface area contributed by atoms with Gasteiger partial charge in [-0.1, -0.05) is 11.6 Å². The summed E-state index contributed by atoms with van der Waals surface area (Å²) in [5.41, 5.74) is -1.44. The standard InChI is InChI=1S/C9H17ClO4/c1-7(10)14-8(11)9(2,5-12-3)6-13-4/h7H,5-6H2,1-4H3. The second kappa shape index (κ2) is 6.22. The molecule has 0 saturated carbocycles. The van der Waals surface area contributed by atoms with E-state index < -0.39 is 16.9 Å². The maximum Gasteiger partial charge on any atom is 0.317 e. The Morgan fingerprint density at radius 2 is 1.79 bits per heavy atom. The summed E-state index contributed by atoms with van der Waals surface area (Å²) in [6.45, 7) is 3.77. The predicted octanol–water partition coefficient (Wildman–Crippen LogP) is 1.41. The van der Waals surface area contributed by atoms with Crippen LogP contribution in [0, 0.1) is 5.41 Å². The molecule has 0 fully saturated rings. The number of carbonyl (C=O) groups excluding carboxylic acids is 1. The van der Waals surface area contributed by atoms with Crippen LogP contribution in [0.25, 0.3) is 0 Å². The minimum Gasteiger partial charge on any atom is -0.446 e. The number of halogens is 1. The van der Waals surface area contributed by atoms with Crippen LogP contribution in [0.3, 0.4) is 0 Å². The van der Waals surface area contributed by atoms with Crippen LogP contribution in [-0.2, 0) is 19.0 Å². The normalized spacial score (nSPS) is 13.8. The highest BCUT2D eigenvalue weighted by atomic mass is 35.5. The molecule has 14 heavy (non-hydrogen) atoms. The van der Waals surface area contributed by atoms with Gasteiger partial charge in [0.15, 0.2) is 5.56 Å². The molecule has 84 valence electrons. The summed E-state index contributed by atoms with van der Waals surface area (Å²) in [5.74, 6) is -0.413. The highest BCUT2D eigenvalue weighted by Gasteiger charge is 2.36. The van der Waals surface area contributed by atoms with Crippen molar-refractivity contribution in [2.24, 2.45) is 5.41 Å². The first-order chi connectivity index (χ1) is 6.46. The monoisotopic (exact) mass is 224 g/mol. The van der Waals surface area contributed by atoms with Crippen molar-refractivity contribution in [2.75, 3.05) is 27.4 Å².